The lowest BCUT2D eigenvalue weighted by Gasteiger charge is -2.30. The van der Waals surface area contributed by atoms with Crippen molar-refractivity contribution in [2.75, 3.05) is 49.5 Å². The minimum Gasteiger partial charge on any atom is -0.369 e. The molecule has 0 atom stereocenters. The highest BCUT2D eigenvalue weighted by molar-refractivity contribution is 6.06. The van der Waals surface area contributed by atoms with E-state index in [1.54, 1.807) is 18.2 Å². The fraction of sp³-hybridized carbons (Fsp3) is 0.464. The number of amides is 4. The summed E-state index contributed by atoms with van der Waals surface area (Å²) in [4.78, 5) is 44.9. The number of benzene rings is 2. The number of hydrogen-bond acceptors (Lipinski definition) is 4. The van der Waals surface area contributed by atoms with Crippen LogP contribution in [0.25, 0.3) is 0 Å². The molecule has 0 aromatic heterocycles. The molecule has 0 radical (unpaired) electrons. The van der Waals surface area contributed by atoms with Gasteiger partial charge in [-0.15, -0.1) is 0 Å². The van der Waals surface area contributed by atoms with Gasteiger partial charge >= 0.3 is 6.03 Å². The third-order valence-electron chi connectivity index (χ3n) is 6.70. The standard InChI is InChI=1S/C28H37N5O3/c1-21(2)29-28(36)33-17-9-16-31(18-19-33)25-13-12-23(30-26(34)22-10-5-3-6-11-22)20-24(25)27(35)32-14-7-4-8-15-32/h3,5-6,10-13,20-21H,4,7-9,14-19H2,1-2H3,(H,29,36)(H,30,34). The molecule has 0 bridgehead atoms. The predicted molar refractivity (Wildman–Crippen MR) is 143 cm³/mol. The van der Waals surface area contributed by atoms with Gasteiger partial charge in [-0.1, -0.05) is 18.2 Å². The first-order valence-electron chi connectivity index (χ1n) is 13.0. The molecule has 8 nitrogen and oxygen atoms in total. The number of carbonyl (C=O) groups is 3. The van der Waals surface area contributed by atoms with E-state index in [2.05, 4.69) is 15.5 Å². The van der Waals surface area contributed by atoms with Crippen molar-refractivity contribution < 1.29 is 14.4 Å². The molecule has 0 spiro atoms. The summed E-state index contributed by atoms with van der Waals surface area (Å²) in [5.74, 6) is -0.208. The third kappa shape index (κ3) is 6.36. The van der Waals surface area contributed by atoms with Gasteiger partial charge in [0.2, 0.25) is 0 Å². The molecule has 2 aromatic carbocycles. The molecular formula is C28H37N5O3. The number of nitrogens with zero attached hydrogens (tertiary/aromatic N) is 3. The quantitative estimate of drug-likeness (QED) is 0.657. The highest BCUT2D eigenvalue weighted by Crippen LogP contribution is 2.28. The molecular weight excluding hydrogens is 454 g/mol. The molecule has 2 aliphatic rings. The van der Waals surface area contributed by atoms with Crippen LogP contribution in [0.1, 0.15) is 60.2 Å². The van der Waals surface area contributed by atoms with E-state index >= 15 is 0 Å². The van der Waals surface area contributed by atoms with Crippen LogP contribution in [-0.4, -0.2) is 73.0 Å². The van der Waals surface area contributed by atoms with Gasteiger partial charge in [-0.3, -0.25) is 9.59 Å². The summed E-state index contributed by atoms with van der Waals surface area (Å²) in [6.07, 6.45) is 3.98. The maximum Gasteiger partial charge on any atom is 0.317 e. The molecule has 8 heteroatoms. The molecule has 0 saturated carbocycles. The van der Waals surface area contributed by atoms with E-state index in [-0.39, 0.29) is 23.9 Å². The van der Waals surface area contributed by atoms with E-state index < -0.39 is 0 Å². The maximum absolute atomic E-state index is 13.7. The normalized spacial score (nSPS) is 16.5. The zero-order chi connectivity index (χ0) is 25.5. The van der Waals surface area contributed by atoms with Crippen molar-refractivity contribution >= 4 is 29.2 Å². The minimum absolute atomic E-state index is 0.000774. The molecule has 2 saturated heterocycles. The van der Waals surface area contributed by atoms with Crippen molar-refractivity contribution in [3.8, 4) is 0 Å². The van der Waals surface area contributed by atoms with Gasteiger partial charge in [0.15, 0.2) is 0 Å². The molecule has 2 N–H and O–H groups in total. The first-order valence-corrected chi connectivity index (χ1v) is 13.0. The number of urea groups is 1. The fourth-order valence-corrected chi connectivity index (χ4v) is 4.82. The first kappa shape index (κ1) is 25.5. The molecule has 2 aromatic rings. The van der Waals surface area contributed by atoms with E-state index in [1.165, 1.54) is 0 Å². The monoisotopic (exact) mass is 491 g/mol. The third-order valence-corrected chi connectivity index (χ3v) is 6.70. The largest absolute Gasteiger partial charge is 0.369 e. The topological polar surface area (TPSA) is 85.0 Å². The van der Waals surface area contributed by atoms with Gasteiger partial charge in [-0.2, -0.15) is 0 Å². The number of carbonyl (C=O) groups excluding carboxylic acids is 3. The van der Waals surface area contributed by atoms with E-state index in [4.69, 9.17) is 0 Å². The lowest BCUT2D eigenvalue weighted by Crippen LogP contribution is -2.44. The van der Waals surface area contributed by atoms with Crippen molar-refractivity contribution in [2.24, 2.45) is 0 Å². The van der Waals surface area contributed by atoms with Crippen molar-refractivity contribution in [1.29, 1.82) is 0 Å². The molecule has 2 aliphatic heterocycles. The Morgan fingerprint density at radius 3 is 2.22 bits per heavy atom. The molecule has 4 amide bonds. The lowest BCUT2D eigenvalue weighted by molar-refractivity contribution is 0.0724. The van der Waals surface area contributed by atoms with Gasteiger partial charge in [-0.25, -0.2) is 4.79 Å². The van der Waals surface area contributed by atoms with Crippen LogP contribution in [0.15, 0.2) is 48.5 Å². The average molecular weight is 492 g/mol. The number of anilines is 2. The second kappa shape index (κ2) is 11.9. The van der Waals surface area contributed by atoms with Crippen molar-refractivity contribution in [3.05, 3.63) is 59.7 Å². The van der Waals surface area contributed by atoms with Gasteiger partial charge in [-0.05, 0) is 69.9 Å². The molecule has 0 aliphatic carbocycles. The van der Waals surface area contributed by atoms with E-state index in [9.17, 15) is 14.4 Å². The number of hydrogen-bond donors (Lipinski definition) is 2. The molecule has 2 heterocycles. The Morgan fingerprint density at radius 2 is 1.50 bits per heavy atom. The van der Waals surface area contributed by atoms with Crippen LogP contribution in [0.5, 0.6) is 0 Å². The Kier molecular flexibility index (Phi) is 8.46. The SMILES string of the molecule is CC(C)NC(=O)N1CCCN(c2ccc(NC(=O)c3ccccc3)cc2C(=O)N2CCCCC2)CC1. The zero-order valence-electron chi connectivity index (χ0n) is 21.3. The second-order valence-electron chi connectivity index (χ2n) is 9.84. The van der Waals surface area contributed by atoms with Crippen LogP contribution in [-0.2, 0) is 0 Å². The van der Waals surface area contributed by atoms with E-state index in [0.717, 1.165) is 51.0 Å². The summed E-state index contributed by atoms with van der Waals surface area (Å²) < 4.78 is 0. The minimum atomic E-state index is -0.207. The van der Waals surface area contributed by atoms with Gasteiger partial charge in [0.05, 0.1) is 5.56 Å². The highest BCUT2D eigenvalue weighted by Gasteiger charge is 2.26. The van der Waals surface area contributed by atoms with Gasteiger partial charge < -0.3 is 25.3 Å². The Bertz CT molecular complexity index is 1070. The van der Waals surface area contributed by atoms with Crippen molar-refractivity contribution in [1.82, 2.24) is 15.1 Å². The van der Waals surface area contributed by atoms with Crippen LogP contribution in [0.2, 0.25) is 0 Å². The van der Waals surface area contributed by atoms with Gasteiger partial charge in [0.25, 0.3) is 11.8 Å². The van der Waals surface area contributed by atoms with Crippen LogP contribution in [0, 0.1) is 0 Å². The average Bonchev–Trinajstić information content (AvgIpc) is 3.15. The number of nitrogens with one attached hydrogen (secondary N) is 2. The zero-order valence-corrected chi connectivity index (χ0v) is 21.3. The number of piperidine rings is 1. The second-order valence-corrected chi connectivity index (χ2v) is 9.84. The highest BCUT2D eigenvalue weighted by atomic mass is 16.2. The Morgan fingerprint density at radius 1 is 0.778 bits per heavy atom. The Balaban J connectivity index is 1.57. The summed E-state index contributed by atoms with van der Waals surface area (Å²) in [6.45, 7) is 8.07. The lowest BCUT2D eigenvalue weighted by atomic mass is 10.1. The van der Waals surface area contributed by atoms with Crippen molar-refractivity contribution in [2.45, 2.75) is 45.6 Å². The number of likely N-dealkylation sites (tertiary alicyclic amines) is 1. The molecule has 36 heavy (non-hydrogen) atoms. The van der Waals surface area contributed by atoms with Gasteiger partial charge in [0, 0.05) is 62.2 Å². The Labute approximate surface area is 213 Å². The molecule has 2 fully saturated rings. The maximum atomic E-state index is 13.7. The van der Waals surface area contributed by atoms with Crippen LogP contribution in [0.3, 0.4) is 0 Å². The van der Waals surface area contributed by atoms with E-state index in [0.29, 0.717) is 36.4 Å². The summed E-state index contributed by atoms with van der Waals surface area (Å²) in [7, 11) is 0. The summed E-state index contributed by atoms with van der Waals surface area (Å²) in [6, 6.07) is 14.7. The number of rotatable bonds is 5. The van der Waals surface area contributed by atoms with Crippen LogP contribution < -0.4 is 15.5 Å². The van der Waals surface area contributed by atoms with Crippen LogP contribution in [0.4, 0.5) is 16.2 Å². The molecule has 0 unspecified atom stereocenters. The predicted octanol–water partition coefficient (Wildman–Crippen LogP) is 4.20. The summed E-state index contributed by atoms with van der Waals surface area (Å²) in [5.41, 5.74) is 2.62. The van der Waals surface area contributed by atoms with Crippen LogP contribution >= 0.6 is 0 Å². The molecule has 4 rings (SSSR count). The van der Waals surface area contributed by atoms with Crippen molar-refractivity contribution in [3.63, 3.8) is 0 Å². The van der Waals surface area contributed by atoms with Gasteiger partial charge in [0.1, 0.15) is 0 Å². The smallest absolute Gasteiger partial charge is 0.317 e. The fourth-order valence-electron chi connectivity index (χ4n) is 4.82. The summed E-state index contributed by atoms with van der Waals surface area (Å²) >= 11 is 0. The Hall–Kier alpha value is -3.55. The summed E-state index contributed by atoms with van der Waals surface area (Å²) in [5, 5.41) is 5.92. The first-order chi connectivity index (χ1) is 17.4. The molecule has 192 valence electrons. The van der Waals surface area contributed by atoms with E-state index in [1.807, 2.05) is 54.0 Å².